The first-order valence-electron chi connectivity index (χ1n) is 11.2. The zero-order valence-electron chi connectivity index (χ0n) is 20.1. The Morgan fingerprint density at radius 2 is 1.82 bits per heavy atom. The molecule has 1 atom stereocenters. The van der Waals surface area contributed by atoms with Gasteiger partial charge in [-0.3, -0.25) is 4.99 Å². The molecule has 182 valence electrons. The molecule has 0 bridgehead atoms. The number of rotatable bonds is 10. The summed E-state index contributed by atoms with van der Waals surface area (Å²) in [5, 5.41) is 6.79. The molecule has 33 heavy (non-hydrogen) atoms. The maximum Gasteiger partial charge on any atom is 0.191 e. The van der Waals surface area contributed by atoms with Crippen LogP contribution in [0, 0.1) is 6.92 Å². The Morgan fingerprint density at radius 3 is 2.48 bits per heavy atom. The summed E-state index contributed by atoms with van der Waals surface area (Å²) >= 11 is 0. The fourth-order valence-electron chi connectivity index (χ4n) is 3.41. The Bertz CT molecular complexity index is 886. The molecular weight excluding hydrogens is 531 g/mol. The topological polar surface area (TPSA) is 67.4 Å². The third kappa shape index (κ3) is 9.02. The molecule has 2 aromatic rings. The molecule has 7 nitrogen and oxygen atoms in total. The molecule has 1 heterocycles. The van der Waals surface area contributed by atoms with Crippen LogP contribution in [0.25, 0.3) is 0 Å². The summed E-state index contributed by atoms with van der Waals surface area (Å²) in [6.07, 6.45) is 1.05. The molecule has 8 heteroatoms. The fraction of sp³-hybridized carbons (Fsp3) is 0.480. The van der Waals surface area contributed by atoms with Crippen LogP contribution in [0.3, 0.4) is 0 Å². The Hall–Kier alpha value is -2.04. The SMILES string of the molecule is CN=C(NCc1ccccc1OCCN(C)C)NCc1ccc(C)cc1OC1CCOC1.I. The predicted molar refractivity (Wildman–Crippen MR) is 144 cm³/mol. The van der Waals surface area contributed by atoms with Crippen molar-refractivity contribution in [1.82, 2.24) is 15.5 Å². The normalized spacial score (nSPS) is 15.8. The quantitative estimate of drug-likeness (QED) is 0.260. The van der Waals surface area contributed by atoms with Crippen molar-refractivity contribution in [2.24, 2.45) is 4.99 Å². The van der Waals surface area contributed by atoms with Gasteiger partial charge in [0.05, 0.1) is 13.2 Å². The van der Waals surface area contributed by atoms with Crippen LogP contribution in [0.4, 0.5) is 0 Å². The number of guanidine groups is 1. The summed E-state index contributed by atoms with van der Waals surface area (Å²) in [5.74, 6) is 2.53. The zero-order chi connectivity index (χ0) is 22.8. The lowest BCUT2D eigenvalue weighted by Crippen LogP contribution is -2.36. The number of aryl methyl sites for hydroxylation is 1. The molecule has 0 saturated carbocycles. The minimum Gasteiger partial charge on any atom is -0.492 e. The van der Waals surface area contributed by atoms with Gasteiger partial charge >= 0.3 is 0 Å². The van der Waals surface area contributed by atoms with Crippen LogP contribution >= 0.6 is 24.0 Å². The maximum atomic E-state index is 6.21. The van der Waals surface area contributed by atoms with Gasteiger partial charge in [-0.05, 0) is 38.7 Å². The summed E-state index contributed by atoms with van der Waals surface area (Å²) in [6.45, 7) is 6.26. The van der Waals surface area contributed by atoms with Crippen LogP contribution < -0.4 is 20.1 Å². The van der Waals surface area contributed by atoms with E-state index in [0.29, 0.717) is 26.3 Å². The van der Waals surface area contributed by atoms with E-state index in [2.05, 4.69) is 51.7 Å². The second-order valence-electron chi connectivity index (χ2n) is 8.25. The van der Waals surface area contributed by atoms with Crippen molar-refractivity contribution in [1.29, 1.82) is 0 Å². The maximum absolute atomic E-state index is 6.21. The van der Waals surface area contributed by atoms with Gasteiger partial charge in [0.15, 0.2) is 5.96 Å². The number of ether oxygens (including phenoxy) is 3. The second kappa shape index (κ2) is 14.3. The number of nitrogens with one attached hydrogen (secondary N) is 2. The van der Waals surface area contributed by atoms with Gasteiger partial charge in [-0.25, -0.2) is 0 Å². The van der Waals surface area contributed by atoms with E-state index in [-0.39, 0.29) is 30.1 Å². The second-order valence-corrected chi connectivity index (χ2v) is 8.25. The van der Waals surface area contributed by atoms with Gasteiger partial charge in [0.25, 0.3) is 0 Å². The average molecular weight is 569 g/mol. The Kier molecular flexibility index (Phi) is 11.8. The smallest absolute Gasteiger partial charge is 0.191 e. The van der Waals surface area contributed by atoms with Crippen LogP contribution in [0.15, 0.2) is 47.5 Å². The lowest BCUT2D eigenvalue weighted by atomic mass is 10.1. The molecule has 0 radical (unpaired) electrons. The lowest BCUT2D eigenvalue weighted by Gasteiger charge is -2.18. The van der Waals surface area contributed by atoms with Crippen LogP contribution in [0.5, 0.6) is 11.5 Å². The molecule has 1 aliphatic heterocycles. The van der Waals surface area contributed by atoms with Crippen LogP contribution in [0.1, 0.15) is 23.1 Å². The number of aliphatic imine (C=N–C) groups is 1. The van der Waals surface area contributed by atoms with E-state index in [1.165, 1.54) is 5.56 Å². The van der Waals surface area contributed by atoms with Gasteiger partial charge in [0, 0.05) is 44.2 Å². The van der Waals surface area contributed by atoms with Gasteiger partial charge in [-0.1, -0.05) is 30.3 Å². The summed E-state index contributed by atoms with van der Waals surface area (Å²) in [5.41, 5.74) is 3.36. The first kappa shape index (κ1) is 27.2. The van der Waals surface area contributed by atoms with Crippen molar-refractivity contribution < 1.29 is 14.2 Å². The number of hydrogen-bond donors (Lipinski definition) is 2. The van der Waals surface area contributed by atoms with Gasteiger partial charge in [0.1, 0.15) is 24.2 Å². The van der Waals surface area contributed by atoms with Gasteiger partial charge < -0.3 is 29.7 Å². The van der Waals surface area contributed by atoms with Crippen molar-refractivity contribution >= 4 is 29.9 Å². The average Bonchev–Trinajstić information content (AvgIpc) is 3.29. The third-order valence-electron chi connectivity index (χ3n) is 5.29. The number of benzene rings is 2. The molecule has 2 N–H and O–H groups in total. The van der Waals surface area contributed by atoms with Crippen molar-refractivity contribution in [3.8, 4) is 11.5 Å². The third-order valence-corrected chi connectivity index (χ3v) is 5.29. The van der Waals surface area contributed by atoms with Crippen molar-refractivity contribution in [2.75, 3.05) is 47.5 Å². The Morgan fingerprint density at radius 1 is 1.09 bits per heavy atom. The molecule has 1 aliphatic rings. The Labute approximate surface area is 214 Å². The monoisotopic (exact) mass is 568 g/mol. The molecule has 1 saturated heterocycles. The van der Waals surface area contributed by atoms with E-state index < -0.39 is 0 Å². The molecule has 3 rings (SSSR count). The van der Waals surface area contributed by atoms with Gasteiger partial charge in [-0.15, -0.1) is 24.0 Å². The van der Waals surface area contributed by atoms with E-state index in [1.807, 2.05) is 32.3 Å². The number of likely N-dealkylation sites (N-methyl/N-ethyl adjacent to an activating group) is 1. The molecule has 0 aliphatic carbocycles. The highest BCUT2D eigenvalue weighted by Crippen LogP contribution is 2.24. The number of hydrogen-bond acceptors (Lipinski definition) is 5. The van der Waals surface area contributed by atoms with Crippen molar-refractivity contribution in [3.05, 3.63) is 59.2 Å². The Balaban J connectivity index is 0.00000385. The van der Waals surface area contributed by atoms with Crippen molar-refractivity contribution in [3.63, 3.8) is 0 Å². The van der Waals surface area contributed by atoms with E-state index in [0.717, 1.165) is 48.2 Å². The first-order valence-corrected chi connectivity index (χ1v) is 11.2. The molecule has 0 aromatic heterocycles. The van der Waals surface area contributed by atoms with Crippen molar-refractivity contribution in [2.45, 2.75) is 32.5 Å². The van der Waals surface area contributed by atoms with E-state index >= 15 is 0 Å². The number of para-hydroxylation sites is 1. The van der Waals surface area contributed by atoms with Crippen LogP contribution in [0.2, 0.25) is 0 Å². The molecule has 2 aromatic carbocycles. The fourth-order valence-corrected chi connectivity index (χ4v) is 3.41. The predicted octanol–water partition coefficient (Wildman–Crippen LogP) is 3.59. The highest BCUT2D eigenvalue weighted by atomic mass is 127. The zero-order valence-corrected chi connectivity index (χ0v) is 22.4. The number of halogens is 1. The van der Waals surface area contributed by atoms with E-state index in [4.69, 9.17) is 14.2 Å². The summed E-state index contributed by atoms with van der Waals surface area (Å²) in [4.78, 5) is 6.48. The molecule has 1 unspecified atom stereocenters. The molecule has 0 amide bonds. The largest absolute Gasteiger partial charge is 0.492 e. The van der Waals surface area contributed by atoms with Gasteiger partial charge in [0.2, 0.25) is 0 Å². The summed E-state index contributed by atoms with van der Waals surface area (Å²) < 4.78 is 17.6. The minimum atomic E-state index is 0. The standard InChI is InChI=1S/C25H36N4O3.HI/c1-19-9-10-21(24(15-19)32-22-11-13-30-18-22)17-28-25(26-2)27-16-20-7-5-6-8-23(20)31-14-12-29(3)4;/h5-10,15,22H,11-14,16-18H2,1-4H3,(H2,26,27,28);1H. The van der Waals surface area contributed by atoms with Gasteiger partial charge in [-0.2, -0.15) is 0 Å². The van der Waals surface area contributed by atoms with E-state index in [9.17, 15) is 0 Å². The highest BCUT2D eigenvalue weighted by Gasteiger charge is 2.19. The summed E-state index contributed by atoms with van der Waals surface area (Å²) in [7, 11) is 5.86. The number of nitrogens with zero attached hydrogens (tertiary/aromatic N) is 2. The molecule has 1 fully saturated rings. The first-order chi connectivity index (χ1) is 15.5. The van der Waals surface area contributed by atoms with Crippen LogP contribution in [-0.2, 0) is 17.8 Å². The minimum absolute atomic E-state index is 0. The van der Waals surface area contributed by atoms with E-state index in [1.54, 1.807) is 7.05 Å². The van der Waals surface area contributed by atoms with Crippen LogP contribution in [-0.4, -0.2) is 64.5 Å². The molecular formula is C25H37IN4O3. The highest BCUT2D eigenvalue weighted by molar-refractivity contribution is 14.0. The molecule has 0 spiro atoms. The summed E-state index contributed by atoms with van der Waals surface area (Å²) in [6, 6.07) is 14.4. The lowest BCUT2D eigenvalue weighted by molar-refractivity contribution is 0.140.